The maximum atomic E-state index is 12.6. The van der Waals surface area contributed by atoms with Gasteiger partial charge in [-0.15, -0.1) is 0 Å². The van der Waals surface area contributed by atoms with Crippen LogP contribution in [-0.2, 0) is 22.7 Å². The molecule has 2 aromatic carbocycles. The minimum Gasteiger partial charge on any atom is -0.362 e. The number of benzene rings is 2. The van der Waals surface area contributed by atoms with Crippen LogP contribution in [0.3, 0.4) is 0 Å². The van der Waals surface area contributed by atoms with Crippen LogP contribution in [0.1, 0.15) is 21.5 Å². The second-order valence-electron chi connectivity index (χ2n) is 5.92. The molecular formula is C18H14F3N3O4S. The molecule has 0 aliphatic rings. The van der Waals surface area contributed by atoms with Gasteiger partial charge in [-0.3, -0.25) is 9.52 Å². The van der Waals surface area contributed by atoms with E-state index in [-0.39, 0.29) is 22.7 Å². The van der Waals surface area contributed by atoms with Crippen molar-refractivity contribution in [3.63, 3.8) is 0 Å². The highest BCUT2D eigenvalue weighted by Gasteiger charge is 2.29. The summed E-state index contributed by atoms with van der Waals surface area (Å²) in [6.45, 7) is 0.0199. The third-order valence-electron chi connectivity index (χ3n) is 3.85. The van der Waals surface area contributed by atoms with Gasteiger partial charge in [-0.1, -0.05) is 17.3 Å². The van der Waals surface area contributed by atoms with Gasteiger partial charge in [-0.05, 0) is 42.0 Å². The van der Waals surface area contributed by atoms with Gasteiger partial charge in [-0.25, -0.2) is 8.42 Å². The van der Waals surface area contributed by atoms with E-state index >= 15 is 0 Å². The summed E-state index contributed by atoms with van der Waals surface area (Å²) in [7, 11) is -3.87. The van der Waals surface area contributed by atoms with Gasteiger partial charge in [0.25, 0.3) is 15.9 Å². The Morgan fingerprint density at radius 2 is 1.69 bits per heavy atom. The molecule has 0 aliphatic heterocycles. The third-order valence-corrected chi connectivity index (χ3v) is 5.24. The SMILES string of the molecule is O=C(NCc1ccc(C(F)(F)F)cc1)c1ccc(S(=O)(=O)Nc2cnoc2)cc1. The lowest BCUT2D eigenvalue weighted by atomic mass is 10.1. The van der Waals surface area contributed by atoms with Crippen LogP contribution in [0.2, 0.25) is 0 Å². The van der Waals surface area contributed by atoms with E-state index in [1.54, 1.807) is 0 Å². The highest BCUT2D eigenvalue weighted by Crippen LogP contribution is 2.29. The van der Waals surface area contributed by atoms with Crippen molar-refractivity contribution in [2.24, 2.45) is 0 Å². The lowest BCUT2D eigenvalue weighted by Crippen LogP contribution is -2.23. The Kier molecular flexibility index (Phi) is 5.59. The fourth-order valence-corrected chi connectivity index (χ4v) is 3.37. The first-order valence-electron chi connectivity index (χ1n) is 8.12. The predicted molar refractivity (Wildman–Crippen MR) is 96.4 cm³/mol. The van der Waals surface area contributed by atoms with Gasteiger partial charge in [-0.2, -0.15) is 13.2 Å². The van der Waals surface area contributed by atoms with Crippen molar-refractivity contribution in [1.29, 1.82) is 0 Å². The van der Waals surface area contributed by atoms with Gasteiger partial charge < -0.3 is 9.84 Å². The summed E-state index contributed by atoms with van der Waals surface area (Å²) in [6.07, 6.45) is -2.10. The first-order valence-corrected chi connectivity index (χ1v) is 9.60. The molecule has 0 saturated heterocycles. The predicted octanol–water partition coefficient (Wildman–Crippen LogP) is 3.42. The average Bonchev–Trinajstić information content (AvgIpc) is 3.18. The summed E-state index contributed by atoms with van der Waals surface area (Å²) in [4.78, 5) is 12.1. The normalized spacial score (nSPS) is 11.8. The number of carbonyl (C=O) groups excluding carboxylic acids is 1. The highest BCUT2D eigenvalue weighted by molar-refractivity contribution is 7.92. The van der Waals surface area contributed by atoms with Gasteiger partial charge in [0, 0.05) is 12.1 Å². The number of sulfonamides is 1. The molecule has 0 fully saturated rings. The lowest BCUT2D eigenvalue weighted by Gasteiger charge is -2.09. The molecule has 0 atom stereocenters. The van der Waals surface area contributed by atoms with E-state index in [1.165, 1.54) is 42.6 Å². The van der Waals surface area contributed by atoms with Crippen LogP contribution < -0.4 is 10.0 Å². The molecule has 7 nitrogen and oxygen atoms in total. The molecule has 0 aliphatic carbocycles. The number of alkyl halides is 3. The zero-order chi connectivity index (χ0) is 21.1. The number of anilines is 1. The molecule has 3 rings (SSSR count). The number of rotatable bonds is 6. The molecule has 3 aromatic rings. The number of amides is 1. The van der Waals surface area contributed by atoms with Gasteiger partial charge in [0.15, 0.2) is 0 Å². The van der Waals surface area contributed by atoms with E-state index in [4.69, 9.17) is 0 Å². The number of halogens is 3. The highest BCUT2D eigenvalue weighted by atomic mass is 32.2. The number of nitrogens with zero attached hydrogens (tertiary/aromatic N) is 1. The van der Waals surface area contributed by atoms with Gasteiger partial charge in [0.05, 0.1) is 16.7 Å². The Balaban J connectivity index is 1.62. The minimum absolute atomic E-state index is 0.0199. The zero-order valence-corrected chi connectivity index (χ0v) is 15.4. The first kappa shape index (κ1) is 20.4. The summed E-state index contributed by atoms with van der Waals surface area (Å²) >= 11 is 0. The van der Waals surface area contributed by atoms with Crippen LogP contribution in [0.4, 0.5) is 18.9 Å². The van der Waals surface area contributed by atoms with E-state index in [1.807, 2.05) is 0 Å². The van der Waals surface area contributed by atoms with Crippen LogP contribution in [0.15, 0.2) is 70.4 Å². The number of aromatic nitrogens is 1. The number of hydrogen-bond donors (Lipinski definition) is 2. The van der Waals surface area contributed by atoms with Crippen molar-refractivity contribution >= 4 is 21.6 Å². The molecule has 1 heterocycles. The monoisotopic (exact) mass is 425 g/mol. The Labute approximate surface area is 163 Å². The van der Waals surface area contributed by atoms with Gasteiger partial charge in [0.2, 0.25) is 0 Å². The molecule has 152 valence electrons. The van der Waals surface area contributed by atoms with Crippen LogP contribution >= 0.6 is 0 Å². The van der Waals surface area contributed by atoms with Crippen molar-refractivity contribution in [3.8, 4) is 0 Å². The first-order chi connectivity index (χ1) is 13.6. The molecule has 29 heavy (non-hydrogen) atoms. The molecule has 0 radical (unpaired) electrons. The standard InChI is InChI=1S/C18H14F3N3O4S/c19-18(20,21)14-5-1-12(2-6-14)9-22-17(25)13-3-7-16(8-4-13)29(26,27)24-15-10-23-28-11-15/h1-8,10-11,24H,9H2,(H,22,25). The molecule has 11 heteroatoms. The average molecular weight is 425 g/mol. The zero-order valence-electron chi connectivity index (χ0n) is 14.6. The van der Waals surface area contributed by atoms with Crippen LogP contribution in [0, 0.1) is 0 Å². The fraction of sp³-hybridized carbons (Fsp3) is 0.111. The molecule has 1 amide bonds. The molecule has 0 bridgehead atoms. The van der Waals surface area contributed by atoms with Crippen LogP contribution in [0.5, 0.6) is 0 Å². The van der Waals surface area contributed by atoms with E-state index in [9.17, 15) is 26.4 Å². The maximum absolute atomic E-state index is 12.6. The van der Waals surface area contributed by atoms with E-state index in [0.717, 1.165) is 18.4 Å². The summed E-state index contributed by atoms with van der Waals surface area (Å²) < 4.78 is 68.9. The number of nitrogens with one attached hydrogen (secondary N) is 2. The Bertz CT molecular complexity index is 1080. The van der Waals surface area contributed by atoms with Crippen molar-refractivity contribution in [2.45, 2.75) is 17.6 Å². The number of hydrogen-bond acceptors (Lipinski definition) is 5. The summed E-state index contributed by atoms with van der Waals surface area (Å²) in [6, 6.07) is 9.57. The van der Waals surface area contributed by atoms with E-state index < -0.39 is 27.7 Å². The summed E-state index contributed by atoms with van der Waals surface area (Å²) in [5.74, 6) is -0.499. The lowest BCUT2D eigenvalue weighted by molar-refractivity contribution is -0.137. The van der Waals surface area contributed by atoms with Crippen molar-refractivity contribution < 1.29 is 30.9 Å². The molecule has 0 spiro atoms. The van der Waals surface area contributed by atoms with Crippen molar-refractivity contribution in [2.75, 3.05) is 4.72 Å². The molecule has 0 saturated carbocycles. The fourth-order valence-electron chi connectivity index (χ4n) is 2.35. The molecule has 0 unspecified atom stereocenters. The second kappa shape index (κ2) is 7.95. The van der Waals surface area contributed by atoms with Gasteiger partial charge in [0.1, 0.15) is 12.0 Å². The molecule has 2 N–H and O–H groups in total. The van der Waals surface area contributed by atoms with Crippen molar-refractivity contribution in [3.05, 3.63) is 77.7 Å². The smallest absolute Gasteiger partial charge is 0.362 e. The Hall–Kier alpha value is -3.34. The third kappa shape index (κ3) is 5.13. The van der Waals surface area contributed by atoms with Crippen LogP contribution in [0.25, 0.3) is 0 Å². The summed E-state index contributed by atoms with van der Waals surface area (Å²) in [5, 5.41) is 5.95. The maximum Gasteiger partial charge on any atom is 0.416 e. The molecular weight excluding hydrogens is 411 g/mol. The van der Waals surface area contributed by atoms with Gasteiger partial charge >= 0.3 is 6.18 Å². The van der Waals surface area contributed by atoms with E-state index in [0.29, 0.717) is 5.56 Å². The quantitative estimate of drug-likeness (QED) is 0.630. The van der Waals surface area contributed by atoms with Crippen molar-refractivity contribution in [1.82, 2.24) is 10.5 Å². The van der Waals surface area contributed by atoms with E-state index in [2.05, 4.69) is 19.7 Å². The largest absolute Gasteiger partial charge is 0.416 e. The Morgan fingerprint density at radius 1 is 1.03 bits per heavy atom. The minimum atomic E-state index is -4.42. The molecule has 1 aromatic heterocycles. The van der Waals surface area contributed by atoms with Crippen LogP contribution in [-0.4, -0.2) is 19.5 Å². The number of carbonyl (C=O) groups is 1. The second-order valence-corrected chi connectivity index (χ2v) is 7.60. The summed E-state index contributed by atoms with van der Waals surface area (Å²) in [5.41, 5.74) is 0.0665. The Morgan fingerprint density at radius 3 is 2.24 bits per heavy atom. The topological polar surface area (TPSA) is 101 Å².